The maximum absolute atomic E-state index is 13.3. The first kappa shape index (κ1) is 20.4. The lowest BCUT2D eigenvalue weighted by molar-refractivity contribution is -0.134. The van der Waals surface area contributed by atoms with Crippen LogP contribution in [0.3, 0.4) is 0 Å². The number of carbonyl (C=O) groups excluding carboxylic acids is 1. The van der Waals surface area contributed by atoms with Gasteiger partial charge in [-0.15, -0.1) is 0 Å². The normalized spacial score (nSPS) is 25.9. The van der Waals surface area contributed by atoms with Crippen molar-refractivity contribution < 1.29 is 13.2 Å². The summed E-state index contributed by atoms with van der Waals surface area (Å²) in [7, 11) is -3.52. The molecule has 0 unspecified atom stereocenters. The zero-order valence-electron chi connectivity index (χ0n) is 17.6. The molecule has 9 heteroatoms. The molecule has 1 aromatic heterocycles. The van der Waals surface area contributed by atoms with Crippen molar-refractivity contribution in [3.8, 4) is 0 Å². The van der Waals surface area contributed by atoms with Crippen molar-refractivity contribution in [2.24, 2.45) is 11.8 Å². The minimum absolute atomic E-state index is 0.0824. The molecule has 8 nitrogen and oxygen atoms in total. The van der Waals surface area contributed by atoms with Crippen LogP contribution in [0, 0.1) is 11.8 Å². The SMILES string of the molecule is CCN1C(=O)[C@H]2CN(c3ncccn3)C[C@H]2C12CCN(S(=O)(=O)c1ccccc1)CC2. The summed E-state index contributed by atoms with van der Waals surface area (Å²) in [5.74, 6) is 0.920. The van der Waals surface area contributed by atoms with E-state index in [9.17, 15) is 13.2 Å². The minimum Gasteiger partial charge on any atom is -0.340 e. The Hall–Kier alpha value is -2.52. The molecule has 3 fully saturated rings. The fraction of sp³-hybridized carbons (Fsp3) is 0.500. The molecule has 4 heterocycles. The number of likely N-dealkylation sites (tertiary alicyclic amines) is 1. The van der Waals surface area contributed by atoms with E-state index in [2.05, 4.69) is 14.9 Å². The topological polar surface area (TPSA) is 86.7 Å². The van der Waals surface area contributed by atoms with Crippen LogP contribution < -0.4 is 4.90 Å². The van der Waals surface area contributed by atoms with E-state index in [1.54, 1.807) is 47.0 Å². The average Bonchev–Trinajstić information content (AvgIpc) is 3.34. The number of hydrogen-bond acceptors (Lipinski definition) is 6. The summed E-state index contributed by atoms with van der Waals surface area (Å²) < 4.78 is 27.8. The van der Waals surface area contributed by atoms with Crippen molar-refractivity contribution in [2.45, 2.75) is 30.2 Å². The molecular formula is C22H27N5O3S. The van der Waals surface area contributed by atoms with Crippen molar-refractivity contribution in [1.29, 1.82) is 0 Å². The zero-order valence-corrected chi connectivity index (χ0v) is 18.4. The van der Waals surface area contributed by atoms with Crippen molar-refractivity contribution >= 4 is 21.9 Å². The van der Waals surface area contributed by atoms with E-state index < -0.39 is 10.0 Å². The molecular weight excluding hydrogens is 414 g/mol. The highest BCUT2D eigenvalue weighted by Crippen LogP contribution is 2.50. The quantitative estimate of drug-likeness (QED) is 0.717. The largest absolute Gasteiger partial charge is 0.340 e. The van der Waals surface area contributed by atoms with Gasteiger partial charge in [0.05, 0.1) is 16.4 Å². The van der Waals surface area contributed by atoms with Gasteiger partial charge in [0, 0.05) is 51.0 Å². The smallest absolute Gasteiger partial charge is 0.243 e. The van der Waals surface area contributed by atoms with Crippen molar-refractivity contribution in [3.05, 3.63) is 48.8 Å². The number of sulfonamides is 1. The van der Waals surface area contributed by atoms with Crippen molar-refractivity contribution in [1.82, 2.24) is 19.2 Å². The summed E-state index contributed by atoms with van der Waals surface area (Å²) in [5.41, 5.74) is -0.303. The second kappa shape index (κ2) is 7.56. The van der Waals surface area contributed by atoms with Crippen molar-refractivity contribution in [2.75, 3.05) is 37.6 Å². The van der Waals surface area contributed by atoms with Crippen LogP contribution in [0.5, 0.6) is 0 Å². The standard InChI is InChI=1S/C22H27N5O3S/c1-2-27-20(28)18-15-25(21-23-11-6-12-24-21)16-19(18)22(27)9-13-26(14-10-22)31(29,30)17-7-4-3-5-8-17/h3-8,11-12,18-19H,2,9-10,13-16H2,1H3/t18-,19+/m0/s1. The minimum atomic E-state index is -3.52. The predicted molar refractivity (Wildman–Crippen MR) is 116 cm³/mol. The Balaban J connectivity index is 1.39. The summed E-state index contributed by atoms with van der Waals surface area (Å²) in [6, 6.07) is 10.4. The summed E-state index contributed by atoms with van der Waals surface area (Å²) >= 11 is 0. The molecule has 0 aliphatic carbocycles. The fourth-order valence-corrected chi connectivity index (χ4v) is 7.27. The van der Waals surface area contributed by atoms with Gasteiger partial charge >= 0.3 is 0 Å². The van der Waals surface area contributed by atoms with Crippen molar-refractivity contribution in [3.63, 3.8) is 0 Å². The molecule has 3 aliphatic rings. The van der Waals surface area contributed by atoms with Gasteiger partial charge in [0.25, 0.3) is 0 Å². The molecule has 2 aromatic rings. The lowest BCUT2D eigenvalue weighted by Crippen LogP contribution is -2.57. The highest BCUT2D eigenvalue weighted by Gasteiger charge is 2.61. The number of amides is 1. The van der Waals surface area contributed by atoms with Crippen LogP contribution in [-0.2, 0) is 14.8 Å². The van der Waals surface area contributed by atoms with Gasteiger partial charge in [-0.1, -0.05) is 18.2 Å². The molecule has 5 rings (SSSR count). The Morgan fingerprint density at radius 2 is 1.71 bits per heavy atom. The monoisotopic (exact) mass is 441 g/mol. The third-order valence-electron chi connectivity index (χ3n) is 7.25. The maximum atomic E-state index is 13.3. The summed E-state index contributed by atoms with van der Waals surface area (Å²) in [6.45, 7) is 4.86. The first-order valence-corrected chi connectivity index (χ1v) is 12.3. The summed E-state index contributed by atoms with van der Waals surface area (Å²) in [5, 5.41) is 0. The maximum Gasteiger partial charge on any atom is 0.243 e. The third-order valence-corrected chi connectivity index (χ3v) is 9.16. The van der Waals surface area contributed by atoms with Gasteiger partial charge in [-0.05, 0) is 38.0 Å². The number of piperidine rings is 1. The fourth-order valence-electron chi connectivity index (χ4n) is 5.80. The Kier molecular flexibility index (Phi) is 4.97. The van der Waals surface area contributed by atoms with Gasteiger partial charge in [-0.25, -0.2) is 18.4 Å². The molecule has 1 aromatic carbocycles. The number of anilines is 1. The zero-order chi connectivity index (χ0) is 21.6. The molecule has 31 heavy (non-hydrogen) atoms. The summed E-state index contributed by atoms with van der Waals surface area (Å²) in [6.07, 6.45) is 4.76. The van der Waals surface area contributed by atoms with E-state index in [1.165, 1.54) is 0 Å². The number of carbonyl (C=O) groups is 1. The summed E-state index contributed by atoms with van der Waals surface area (Å²) in [4.78, 5) is 26.5. The average molecular weight is 442 g/mol. The van der Waals surface area contributed by atoms with E-state index in [4.69, 9.17) is 0 Å². The van der Waals surface area contributed by atoms with Gasteiger partial charge in [0.2, 0.25) is 21.9 Å². The molecule has 1 amide bonds. The van der Waals surface area contributed by atoms with E-state index in [1.807, 2.05) is 17.9 Å². The second-order valence-corrected chi connectivity index (χ2v) is 10.5. The van der Waals surface area contributed by atoms with E-state index in [-0.39, 0.29) is 23.3 Å². The Bertz CT molecular complexity index is 1060. The van der Waals surface area contributed by atoms with Crippen LogP contribution in [0.2, 0.25) is 0 Å². The van der Waals surface area contributed by atoms with E-state index in [0.717, 1.165) is 6.54 Å². The number of rotatable bonds is 4. The molecule has 1 spiro atoms. The lowest BCUT2D eigenvalue weighted by atomic mass is 9.75. The number of aromatic nitrogens is 2. The predicted octanol–water partition coefficient (Wildman–Crippen LogP) is 1.61. The molecule has 3 saturated heterocycles. The van der Waals surface area contributed by atoms with Crippen LogP contribution >= 0.6 is 0 Å². The Morgan fingerprint density at radius 1 is 1.03 bits per heavy atom. The molecule has 0 N–H and O–H groups in total. The highest BCUT2D eigenvalue weighted by atomic mass is 32.2. The van der Waals surface area contributed by atoms with Gasteiger partial charge in [0.15, 0.2) is 0 Å². The molecule has 164 valence electrons. The molecule has 0 bridgehead atoms. The van der Waals surface area contributed by atoms with Crippen LogP contribution in [0.1, 0.15) is 19.8 Å². The van der Waals surface area contributed by atoms with Gasteiger partial charge in [-0.3, -0.25) is 4.79 Å². The first-order chi connectivity index (χ1) is 15.0. The Morgan fingerprint density at radius 3 is 2.35 bits per heavy atom. The molecule has 0 saturated carbocycles. The Labute approximate surface area is 182 Å². The first-order valence-electron chi connectivity index (χ1n) is 10.9. The number of hydrogen-bond donors (Lipinski definition) is 0. The number of nitrogens with zero attached hydrogens (tertiary/aromatic N) is 5. The van der Waals surface area contributed by atoms with Crippen LogP contribution in [-0.4, -0.2) is 71.8 Å². The molecule has 2 atom stereocenters. The second-order valence-electron chi connectivity index (χ2n) is 8.57. The number of fused-ring (bicyclic) bond motifs is 2. The molecule has 3 aliphatic heterocycles. The van der Waals surface area contributed by atoms with E-state index in [0.29, 0.717) is 49.9 Å². The lowest BCUT2D eigenvalue weighted by Gasteiger charge is -2.47. The van der Waals surface area contributed by atoms with Crippen LogP contribution in [0.4, 0.5) is 5.95 Å². The van der Waals surface area contributed by atoms with Crippen LogP contribution in [0.15, 0.2) is 53.7 Å². The van der Waals surface area contributed by atoms with Crippen LogP contribution in [0.25, 0.3) is 0 Å². The number of benzene rings is 1. The highest BCUT2D eigenvalue weighted by molar-refractivity contribution is 7.89. The van der Waals surface area contributed by atoms with Gasteiger partial charge in [0.1, 0.15) is 0 Å². The van der Waals surface area contributed by atoms with Gasteiger partial charge in [-0.2, -0.15) is 4.31 Å². The third kappa shape index (κ3) is 3.13. The van der Waals surface area contributed by atoms with Gasteiger partial charge < -0.3 is 9.80 Å². The van der Waals surface area contributed by atoms with E-state index >= 15 is 0 Å². The molecule has 0 radical (unpaired) electrons.